The lowest BCUT2D eigenvalue weighted by Gasteiger charge is -2.35. The summed E-state index contributed by atoms with van der Waals surface area (Å²) >= 11 is 7.29. The van der Waals surface area contributed by atoms with E-state index in [4.69, 9.17) is 20.9 Å². The molecule has 3 aliphatic rings. The van der Waals surface area contributed by atoms with Gasteiger partial charge in [-0.15, -0.1) is 0 Å². The Morgan fingerprint density at radius 2 is 1.45 bits per heavy atom. The maximum absolute atomic E-state index is 14.4. The second-order valence-electron chi connectivity index (χ2n) is 7.13. The molecule has 3 aromatic carbocycles. The molecule has 6 rings (SSSR count). The van der Waals surface area contributed by atoms with Crippen molar-refractivity contribution in [3.8, 4) is 22.6 Å². The maximum atomic E-state index is 14.4. The Hall–Kier alpha value is -2.47. The van der Waals surface area contributed by atoms with Gasteiger partial charge in [0.2, 0.25) is 5.47 Å². The van der Waals surface area contributed by atoms with Crippen LogP contribution in [-0.4, -0.2) is 0 Å². The third-order valence-electron chi connectivity index (χ3n) is 5.26. The first-order chi connectivity index (χ1) is 15.1. The molecule has 7 heteroatoms. The number of benzene rings is 3. The summed E-state index contributed by atoms with van der Waals surface area (Å²) in [5.74, 6) is 1.28. The van der Waals surface area contributed by atoms with Crippen molar-refractivity contribution in [2.75, 3.05) is 0 Å². The highest BCUT2D eigenvalue weighted by Crippen LogP contribution is 2.84. The first kappa shape index (κ1) is 19.2. The number of hydrogen-bond donors (Lipinski definition) is 0. The number of hydrogen-bond acceptors (Lipinski definition) is 5. The van der Waals surface area contributed by atoms with Gasteiger partial charge in [0.05, 0.1) is 5.30 Å². The molecular formula is C24H14O3P2S2. The predicted octanol–water partition coefficient (Wildman–Crippen LogP) is 7.29. The van der Waals surface area contributed by atoms with Crippen molar-refractivity contribution in [1.82, 2.24) is 0 Å². The average Bonchev–Trinajstić information content (AvgIpc) is 2.79. The van der Waals surface area contributed by atoms with Crippen molar-refractivity contribution in [2.45, 2.75) is 0 Å². The zero-order valence-corrected chi connectivity index (χ0v) is 19.4. The second-order valence-corrected chi connectivity index (χ2v) is 17.8. The van der Waals surface area contributed by atoms with E-state index in [-0.39, 0.29) is 0 Å². The van der Waals surface area contributed by atoms with Crippen LogP contribution in [0.2, 0.25) is 0 Å². The van der Waals surface area contributed by atoms with Crippen molar-refractivity contribution < 1.29 is 13.6 Å². The molecule has 2 unspecified atom stereocenters. The van der Waals surface area contributed by atoms with Crippen LogP contribution < -0.4 is 14.4 Å². The maximum Gasteiger partial charge on any atom is 0.341 e. The van der Waals surface area contributed by atoms with Crippen LogP contribution in [0.25, 0.3) is 16.7 Å². The molecule has 2 atom stereocenters. The van der Waals surface area contributed by atoms with E-state index in [1.807, 2.05) is 78.9 Å². The van der Waals surface area contributed by atoms with Gasteiger partial charge in [0, 0.05) is 38.6 Å². The molecule has 3 nitrogen and oxygen atoms in total. The van der Waals surface area contributed by atoms with Crippen LogP contribution in [0.1, 0.15) is 5.56 Å². The molecule has 0 bridgehead atoms. The molecule has 2 heterocycles. The molecule has 0 amide bonds. The van der Waals surface area contributed by atoms with Gasteiger partial charge in [-0.05, 0) is 48.2 Å². The van der Waals surface area contributed by atoms with Gasteiger partial charge in [-0.25, -0.2) is 0 Å². The van der Waals surface area contributed by atoms with E-state index in [0.717, 1.165) is 38.6 Å². The van der Waals surface area contributed by atoms with Crippen molar-refractivity contribution in [1.29, 1.82) is 0 Å². The summed E-state index contributed by atoms with van der Waals surface area (Å²) < 4.78 is 27.0. The molecule has 1 aliphatic carbocycles. The fourth-order valence-corrected chi connectivity index (χ4v) is 17.7. The fourth-order valence-electron chi connectivity index (χ4n) is 3.90. The lowest BCUT2D eigenvalue weighted by Crippen LogP contribution is -2.16. The molecule has 2 aliphatic heterocycles. The van der Waals surface area contributed by atoms with Gasteiger partial charge in [-0.2, -0.15) is 0 Å². The largest absolute Gasteiger partial charge is 0.452 e. The smallest absolute Gasteiger partial charge is 0.341 e. The van der Waals surface area contributed by atoms with Crippen LogP contribution in [0.3, 0.4) is 0 Å². The van der Waals surface area contributed by atoms with Gasteiger partial charge in [-0.3, -0.25) is 4.57 Å². The number of para-hydroxylation sites is 2. The minimum Gasteiger partial charge on any atom is -0.452 e. The van der Waals surface area contributed by atoms with E-state index < -0.39 is 12.0 Å². The van der Waals surface area contributed by atoms with E-state index in [2.05, 4.69) is 11.5 Å². The molecule has 3 aromatic rings. The highest BCUT2D eigenvalue weighted by atomic mass is 33.2. The molecule has 0 saturated carbocycles. The van der Waals surface area contributed by atoms with E-state index in [9.17, 15) is 4.57 Å². The molecular weight excluding hydrogens is 462 g/mol. The van der Waals surface area contributed by atoms with E-state index in [1.165, 1.54) is 0 Å². The first-order valence-corrected chi connectivity index (χ1v) is 16.0. The Kier molecular flexibility index (Phi) is 4.36. The molecule has 0 fully saturated rings. The third kappa shape index (κ3) is 2.99. The van der Waals surface area contributed by atoms with Crippen LogP contribution >= 0.6 is 23.0 Å². The molecule has 31 heavy (non-hydrogen) atoms. The quantitative estimate of drug-likeness (QED) is 0.287. The Labute approximate surface area is 188 Å². The first-order valence-electron chi connectivity index (χ1n) is 9.59. The highest BCUT2D eigenvalue weighted by Gasteiger charge is 2.46. The molecule has 0 N–H and O–H groups in total. The van der Waals surface area contributed by atoms with Gasteiger partial charge < -0.3 is 9.05 Å². The van der Waals surface area contributed by atoms with Crippen LogP contribution in [0.15, 0.2) is 102 Å². The van der Waals surface area contributed by atoms with Crippen molar-refractivity contribution in [2.24, 2.45) is 0 Å². The average molecular weight is 476 g/mol. The Morgan fingerprint density at radius 3 is 2.26 bits per heavy atom. The van der Waals surface area contributed by atoms with Crippen molar-refractivity contribution in [3.63, 3.8) is 0 Å². The zero-order chi connectivity index (χ0) is 21.1. The number of allylic oxidation sites excluding steroid dienone is 4. The SMILES string of the molecule is O=P1(SP2(=S)Oc3ccccc3C3=C=C=CC=C32)Oc2ccccc2-c2ccccc21. The Balaban J connectivity index is 1.51. The van der Waals surface area contributed by atoms with Crippen molar-refractivity contribution >= 4 is 45.7 Å². The number of fused-ring (bicyclic) bond motifs is 6. The van der Waals surface area contributed by atoms with E-state index >= 15 is 0 Å². The van der Waals surface area contributed by atoms with Gasteiger partial charge in [0.1, 0.15) is 11.5 Å². The summed E-state index contributed by atoms with van der Waals surface area (Å²) in [6, 6.07) is 23.1. The summed E-state index contributed by atoms with van der Waals surface area (Å²) in [6.45, 7) is -3.42. The Bertz CT molecular complexity index is 1510. The summed E-state index contributed by atoms with van der Waals surface area (Å²) in [6.07, 6.45) is 3.68. The van der Waals surface area contributed by atoms with Crippen LogP contribution in [0.5, 0.6) is 11.5 Å². The molecule has 150 valence electrons. The lowest BCUT2D eigenvalue weighted by atomic mass is 10.0. The number of rotatable bonds is 2. The molecule has 0 saturated heterocycles. The summed E-state index contributed by atoms with van der Waals surface area (Å²) in [7, 11) is 0. The minimum absolute atomic E-state index is 0.601. The van der Waals surface area contributed by atoms with Gasteiger partial charge in [-0.1, -0.05) is 60.0 Å². The zero-order valence-electron chi connectivity index (χ0n) is 16.0. The van der Waals surface area contributed by atoms with E-state index in [1.54, 1.807) is 6.08 Å². The van der Waals surface area contributed by atoms with Crippen molar-refractivity contribution in [3.05, 3.63) is 107 Å². The van der Waals surface area contributed by atoms with Crippen LogP contribution in [0.4, 0.5) is 0 Å². The second kappa shape index (κ2) is 7.02. The summed E-state index contributed by atoms with van der Waals surface area (Å²) in [5, 5.41) is 1.50. The fraction of sp³-hybridized carbons (Fsp3) is 0. The topological polar surface area (TPSA) is 35.5 Å². The molecule has 0 radical (unpaired) electrons. The normalized spacial score (nSPS) is 24.4. The van der Waals surface area contributed by atoms with Gasteiger partial charge >= 0.3 is 6.57 Å². The minimum atomic E-state index is -3.42. The van der Waals surface area contributed by atoms with Gasteiger partial charge in [0.15, 0.2) is 0 Å². The summed E-state index contributed by atoms with van der Waals surface area (Å²) in [4.78, 5) is 0. The highest BCUT2D eigenvalue weighted by molar-refractivity contribution is 8.94. The summed E-state index contributed by atoms with van der Waals surface area (Å²) in [5.41, 5.74) is 7.01. The standard InChI is InChI=1S/C24H14O3P2S2/c25-28(23-15-7-3-11-19(23)17-9-1-5-13-21(17)26-28)31-29(30)24-16-8-4-12-20(24)18-10-2-6-14-22(18)27-29/h1-3,5-11,13-16H. The van der Waals surface area contributed by atoms with Crippen LogP contribution in [0, 0.1) is 0 Å². The van der Waals surface area contributed by atoms with Gasteiger partial charge in [0.25, 0.3) is 0 Å². The predicted molar refractivity (Wildman–Crippen MR) is 132 cm³/mol. The van der Waals surface area contributed by atoms with Crippen LogP contribution in [-0.2, 0) is 16.4 Å². The van der Waals surface area contributed by atoms with E-state index in [0.29, 0.717) is 16.8 Å². The Morgan fingerprint density at radius 1 is 0.806 bits per heavy atom. The third-order valence-corrected chi connectivity index (χ3v) is 17.9. The molecule has 0 spiro atoms. The monoisotopic (exact) mass is 476 g/mol. The lowest BCUT2D eigenvalue weighted by molar-refractivity contribution is 0.508. The molecule has 0 aromatic heterocycles.